The van der Waals surface area contributed by atoms with E-state index < -0.39 is 0 Å². The second-order valence-electron chi connectivity index (χ2n) is 5.97. The predicted molar refractivity (Wildman–Crippen MR) is 96.8 cm³/mol. The summed E-state index contributed by atoms with van der Waals surface area (Å²) < 4.78 is 0. The number of pyridine rings is 1. The van der Waals surface area contributed by atoms with Gasteiger partial charge in [-0.25, -0.2) is 0 Å². The Morgan fingerprint density at radius 3 is 2.42 bits per heavy atom. The molecule has 1 N–H and O–H groups in total. The van der Waals surface area contributed by atoms with Crippen molar-refractivity contribution in [2.45, 2.75) is 20.4 Å². The van der Waals surface area contributed by atoms with E-state index in [4.69, 9.17) is 0 Å². The number of carbonyl (C=O) groups is 1. The van der Waals surface area contributed by atoms with Crippen molar-refractivity contribution in [2.24, 2.45) is 0 Å². The molecule has 1 heterocycles. The topological polar surface area (TPSA) is 42.0 Å². The molecule has 0 atom stereocenters. The van der Waals surface area contributed by atoms with Gasteiger partial charge in [-0.1, -0.05) is 59.7 Å². The maximum Gasteiger partial charge on any atom is 0.253 e. The first-order chi connectivity index (χ1) is 11.6. The zero-order chi connectivity index (χ0) is 16.9. The molecule has 1 amide bonds. The number of hydrogen-bond acceptors (Lipinski definition) is 2. The zero-order valence-electron chi connectivity index (χ0n) is 13.9. The molecule has 3 heteroatoms. The number of rotatable bonds is 4. The second-order valence-corrected chi connectivity index (χ2v) is 5.97. The molecule has 0 spiro atoms. The lowest BCUT2D eigenvalue weighted by molar-refractivity contribution is 0.0950. The zero-order valence-corrected chi connectivity index (χ0v) is 13.9. The minimum absolute atomic E-state index is 0.112. The highest BCUT2D eigenvalue weighted by molar-refractivity contribution is 5.94. The lowest BCUT2D eigenvalue weighted by Gasteiger charge is -2.07. The van der Waals surface area contributed by atoms with E-state index in [0.29, 0.717) is 12.1 Å². The van der Waals surface area contributed by atoms with Crippen LogP contribution in [-0.2, 0) is 6.54 Å². The summed E-state index contributed by atoms with van der Waals surface area (Å²) in [6, 6.07) is 20.0. The highest BCUT2D eigenvalue weighted by Gasteiger charge is 2.07. The molecule has 3 rings (SSSR count). The fourth-order valence-corrected chi connectivity index (χ4v) is 2.53. The van der Waals surface area contributed by atoms with Crippen LogP contribution in [-0.4, -0.2) is 10.9 Å². The average molecular weight is 316 g/mol. The number of nitrogens with one attached hydrogen (secondary N) is 1. The predicted octanol–water partition coefficient (Wildman–Crippen LogP) is 4.30. The van der Waals surface area contributed by atoms with Gasteiger partial charge in [-0.15, -0.1) is 0 Å². The summed E-state index contributed by atoms with van der Waals surface area (Å²) in [6.45, 7) is 4.61. The van der Waals surface area contributed by atoms with Crippen LogP contribution in [0.15, 0.2) is 66.9 Å². The van der Waals surface area contributed by atoms with Crippen LogP contribution in [0.1, 0.15) is 27.0 Å². The van der Waals surface area contributed by atoms with E-state index in [2.05, 4.69) is 35.4 Å². The van der Waals surface area contributed by atoms with Crippen LogP contribution in [0.2, 0.25) is 0 Å². The van der Waals surface area contributed by atoms with Gasteiger partial charge in [-0.2, -0.15) is 0 Å². The van der Waals surface area contributed by atoms with Crippen LogP contribution in [0.5, 0.6) is 0 Å². The van der Waals surface area contributed by atoms with Crippen LogP contribution < -0.4 is 5.32 Å². The molecular weight excluding hydrogens is 296 g/mol. The maximum absolute atomic E-state index is 12.2. The van der Waals surface area contributed by atoms with Crippen LogP contribution in [0, 0.1) is 13.8 Å². The number of carbonyl (C=O) groups excluding carboxylic acids is 1. The fourth-order valence-electron chi connectivity index (χ4n) is 2.53. The van der Waals surface area contributed by atoms with Gasteiger partial charge in [0.15, 0.2) is 0 Å². The normalized spacial score (nSPS) is 10.4. The number of aromatic nitrogens is 1. The first-order valence-corrected chi connectivity index (χ1v) is 7.99. The first kappa shape index (κ1) is 15.9. The third kappa shape index (κ3) is 3.87. The van der Waals surface area contributed by atoms with Crippen molar-refractivity contribution < 1.29 is 4.79 Å². The van der Waals surface area contributed by atoms with Gasteiger partial charge < -0.3 is 5.32 Å². The largest absolute Gasteiger partial charge is 0.348 e. The molecule has 0 saturated carbocycles. The van der Waals surface area contributed by atoms with Gasteiger partial charge in [-0.05, 0) is 31.5 Å². The SMILES string of the molecule is Cc1ccc(-c2ccc(C(=O)NCc3cccc(C)c3)cn2)cc1. The van der Waals surface area contributed by atoms with E-state index in [9.17, 15) is 4.79 Å². The Kier molecular flexibility index (Phi) is 4.71. The van der Waals surface area contributed by atoms with Gasteiger partial charge in [0.05, 0.1) is 11.3 Å². The van der Waals surface area contributed by atoms with E-state index in [0.717, 1.165) is 16.8 Å². The summed E-state index contributed by atoms with van der Waals surface area (Å²) in [5.41, 5.74) is 5.97. The molecular formula is C21H20N2O. The molecule has 3 aromatic rings. The van der Waals surface area contributed by atoms with E-state index in [1.165, 1.54) is 11.1 Å². The Balaban J connectivity index is 1.66. The summed E-state index contributed by atoms with van der Waals surface area (Å²) in [5, 5.41) is 2.93. The number of nitrogens with zero attached hydrogens (tertiary/aromatic N) is 1. The van der Waals surface area contributed by atoms with E-state index in [1.807, 2.05) is 49.4 Å². The van der Waals surface area contributed by atoms with Gasteiger partial charge in [0, 0.05) is 18.3 Å². The molecule has 0 aliphatic carbocycles. The third-order valence-electron chi connectivity index (χ3n) is 3.91. The lowest BCUT2D eigenvalue weighted by atomic mass is 10.1. The number of benzene rings is 2. The highest BCUT2D eigenvalue weighted by atomic mass is 16.1. The molecule has 0 unspecified atom stereocenters. The van der Waals surface area contributed by atoms with E-state index in [-0.39, 0.29) is 5.91 Å². The Labute approximate surface area is 142 Å². The van der Waals surface area contributed by atoms with Crippen molar-refractivity contribution in [1.82, 2.24) is 10.3 Å². The molecule has 0 aliphatic rings. The van der Waals surface area contributed by atoms with E-state index in [1.54, 1.807) is 6.20 Å². The average Bonchev–Trinajstić information content (AvgIpc) is 2.61. The summed E-state index contributed by atoms with van der Waals surface area (Å²) >= 11 is 0. The Bertz CT molecular complexity index is 836. The van der Waals surface area contributed by atoms with Gasteiger partial charge in [-0.3, -0.25) is 9.78 Å². The molecule has 2 aromatic carbocycles. The number of aryl methyl sites for hydroxylation is 2. The van der Waals surface area contributed by atoms with Gasteiger partial charge >= 0.3 is 0 Å². The fraction of sp³-hybridized carbons (Fsp3) is 0.143. The van der Waals surface area contributed by atoms with Crippen molar-refractivity contribution in [3.63, 3.8) is 0 Å². The molecule has 24 heavy (non-hydrogen) atoms. The molecule has 1 aromatic heterocycles. The van der Waals surface area contributed by atoms with Gasteiger partial charge in [0.1, 0.15) is 0 Å². The van der Waals surface area contributed by atoms with Crippen molar-refractivity contribution in [3.05, 3.63) is 89.1 Å². The number of hydrogen-bond donors (Lipinski definition) is 1. The molecule has 120 valence electrons. The molecule has 0 fully saturated rings. The van der Waals surface area contributed by atoms with Crippen LogP contribution in [0.3, 0.4) is 0 Å². The van der Waals surface area contributed by atoms with Crippen LogP contribution in [0.25, 0.3) is 11.3 Å². The molecule has 0 saturated heterocycles. The quantitative estimate of drug-likeness (QED) is 0.780. The van der Waals surface area contributed by atoms with E-state index >= 15 is 0 Å². The standard InChI is InChI=1S/C21H20N2O/c1-15-6-8-18(9-7-15)20-11-10-19(14-22-20)21(24)23-13-17-5-3-4-16(2)12-17/h3-12,14H,13H2,1-2H3,(H,23,24). The van der Waals surface area contributed by atoms with Crippen molar-refractivity contribution in [1.29, 1.82) is 0 Å². The summed E-state index contributed by atoms with van der Waals surface area (Å²) in [5.74, 6) is -0.112. The summed E-state index contributed by atoms with van der Waals surface area (Å²) in [6.07, 6.45) is 1.63. The van der Waals surface area contributed by atoms with Crippen molar-refractivity contribution in [3.8, 4) is 11.3 Å². The van der Waals surface area contributed by atoms with Crippen LogP contribution in [0.4, 0.5) is 0 Å². The lowest BCUT2D eigenvalue weighted by Crippen LogP contribution is -2.22. The smallest absolute Gasteiger partial charge is 0.253 e. The highest BCUT2D eigenvalue weighted by Crippen LogP contribution is 2.17. The van der Waals surface area contributed by atoms with Gasteiger partial charge in [0.25, 0.3) is 5.91 Å². The minimum atomic E-state index is -0.112. The molecule has 0 aliphatic heterocycles. The summed E-state index contributed by atoms with van der Waals surface area (Å²) in [4.78, 5) is 16.7. The first-order valence-electron chi connectivity index (χ1n) is 7.99. The molecule has 3 nitrogen and oxygen atoms in total. The minimum Gasteiger partial charge on any atom is -0.348 e. The number of amides is 1. The molecule has 0 bridgehead atoms. The monoisotopic (exact) mass is 316 g/mol. The second kappa shape index (κ2) is 7.09. The third-order valence-corrected chi connectivity index (χ3v) is 3.91. The Morgan fingerprint density at radius 2 is 1.75 bits per heavy atom. The Hall–Kier alpha value is -2.94. The summed E-state index contributed by atoms with van der Waals surface area (Å²) in [7, 11) is 0. The van der Waals surface area contributed by atoms with Crippen molar-refractivity contribution in [2.75, 3.05) is 0 Å². The maximum atomic E-state index is 12.2. The van der Waals surface area contributed by atoms with Crippen LogP contribution >= 0.6 is 0 Å². The molecule has 0 radical (unpaired) electrons. The Morgan fingerprint density at radius 1 is 0.958 bits per heavy atom. The van der Waals surface area contributed by atoms with Crippen molar-refractivity contribution >= 4 is 5.91 Å². The van der Waals surface area contributed by atoms with Gasteiger partial charge in [0.2, 0.25) is 0 Å².